The third kappa shape index (κ3) is 3.95. The Labute approximate surface area is 147 Å². The molecule has 1 N–H and O–H groups in total. The third-order valence-electron chi connectivity index (χ3n) is 4.41. The first kappa shape index (κ1) is 16.0. The van der Waals surface area contributed by atoms with Crippen LogP contribution in [0.1, 0.15) is 12.1 Å². The minimum Gasteiger partial charge on any atom is -0.379 e. The van der Waals surface area contributed by atoms with Gasteiger partial charge in [-0.05, 0) is 36.8 Å². The summed E-state index contributed by atoms with van der Waals surface area (Å²) in [5, 5.41) is 4.66. The lowest BCUT2D eigenvalue weighted by Gasteiger charge is -2.32. The van der Waals surface area contributed by atoms with E-state index in [1.54, 1.807) is 6.20 Å². The van der Waals surface area contributed by atoms with Gasteiger partial charge in [0.25, 0.3) is 0 Å². The molecule has 0 aliphatic carbocycles. The van der Waals surface area contributed by atoms with Crippen LogP contribution in [0.5, 0.6) is 0 Å². The quantitative estimate of drug-likeness (QED) is 0.774. The molecule has 1 saturated heterocycles. The van der Waals surface area contributed by atoms with Gasteiger partial charge in [0.15, 0.2) is 0 Å². The van der Waals surface area contributed by atoms with Gasteiger partial charge in [0.1, 0.15) is 11.9 Å². The summed E-state index contributed by atoms with van der Waals surface area (Å²) in [5.74, 6) is 0.872. The van der Waals surface area contributed by atoms with Crippen molar-refractivity contribution in [3.05, 3.63) is 66.5 Å². The fourth-order valence-corrected chi connectivity index (χ4v) is 3.05. The normalized spacial score (nSPS) is 20.5. The number of rotatable bonds is 5. The van der Waals surface area contributed by atoms with Gasteiger partial charge >= 0.3 is 0 Å². The Bertz CT molecular complexity index is 825. The van der Waals surface area contributed by atoms with Gasteiger partial charge in [-0.1, -0.05) is 24.3 Å². The SMILES string of the molecule is c1ccc(CO[C@@H]2COCC[C@H]2Nc2ccc3ccccc3n2)nc1. The van der Waals surface area contributed by atoms with Crippen LogP contribution < -0.4 is 5.32 Å². The number of nitrogens with zero attached hydrogens (tertiary/aromatic N) is 2. The number of hydrogen-bond donors (Lipinski definition) is 1. The van der Waals surface area contributed by atoms with Crippen LogP contribution in [0.25, 0.3) is 10.9 Å². The number of hydrogen-bond acceptors (Lipinski definition) is 5. The molecule has 4 rings (SSSR count). The molecule has 1 aliphatic rings. The Morgan fingerprint density at radius 1 is 1.08 bits per heavy atom. The van der Waals surface area contributed by atoms with Crippen molar-refractivity contribution in [1.82, 2.24) is 9.97 Å². The van der Waals surface area contributed by atoms with E-state index >= 15 is 0 Å². The standard InChI is InChI=1S/C20H21N3O2/c1-2-7-17-15(5-1)8-9-20(22-17)23-18-10-12-24-14-19(18)25-13-16-6-3-4-11-21-16/h1-9,11,18-19H,10,12-14H2,(H,22,23)/t18-,19-/m1/s1. The van der Waals surface area contributed by atoms with Crippen LogP contribution in [0.3, 0.4) is 0 Å². The summed E-state index contributed by atoms with van der Waals surface area (Å²) in [5.41, 5.74) is 1.92. The molecule has 0 amide bonds. The van der Waals surface area contributed by atoms with E-state index in [0.29, 0.717) is 13.2 Å². The number of pyridine rings is 2. The molecular formula is C20H21N3O2. The zero-order valence-corrected chi connectivity index (χ0v) is 14.0. The van der Waals surface area contributed by atoms with Gasteiger partial charge in [-0.3, -0.25) is 4.98 Å². The number of para-hydroxylation sites is 1. The van der Waals surface area contributed by atoms with Crippen molar-refractivity contribution in [2.24, 2.45) is 0 Å². The maximum absolute atomic E-state index is 6.06. The number of fused-ring (bicyclic) bond motifs is 1. The average Bonchev–Trinajstić information content (AvgIpc) is 2.68. The van der Waals surface area contributed by atoms with Crippen LogP contribution in [0, 0.1) is 0 Å². The van der Waals surface area contributed by atoms with E-state index in [1.165, 1.54) is 0 Å². The summed E-state index contributed by atoms with van der Waals surface area (Å²) < 4.78 is 11.7. The lowest BCUT2D eigenvalue weighted by molar-refractivity contribution is -0.0645. The van der Waals surface area contributed by atoms with Crippen LogP contribution in [0.2, 0.25) is 0 Å². The molecule has 3 aromatic rings. The second-order valence-electron chi connectivity index (χ2n) is 6.17. The zero-order chi connectivity index (χ0) is 16.9. The van der Waals surface area contributed by atoms with Gasteiger partial charge in [-0.2, -0.15) is 0 Å². The fourth-order valence-electron chi connectivity index (χ4n) is 3.05. The molecule has 2 atom stereocenters. The maximum Gasteiger partial charge on any atom is 0.126 e. The number of benzene rings is 1. The predicted octanol–water partition coefficient (Wildman–Crippen LogP) is 3.42. The smallest absolute Gasteiger partial charge is 0.126 e. The predicted molar refractivity (Wildman–Crippen MR) is 97.4 cm³/mol. The summed E-state index contributed by atoms with van der Waals surface area (Å²) in [4.78, 5) is 9.01. The molecule has 0 saturated carbocycles. The van der Waals surface area contributed by atoms with Crippen LogP contribution in [-0.2, 0) is 16.1 Å². The lowest BCUT2D eigenvalue weighted by atomic mass is 10.1. The molecule has 1 aromatic carbocycles. The van der Waals surface area contributed by atoms with Gasteiger partial charge in [0.05, 0.1) is 30.5 Å². The first-order valence-corrected chi connectivity index (χ1v) is 8.60. The summed E-state index contributed by atoms with van der Waals surface area (Å²) in [6.07, 6.45) is 2.65. The van der Waals surface area contributed by atoms with Gasteiger partial charge in [0.2, 0.25) is 0 Å². The lowest BCUT2D eigenvalue weighted by Crippen LogP contribution is -2.43. The van der Waals surface area contributed by atoms with Gasteiger partial charge in [0, 0.05) is 18.2 Å². The second-order valence-corrected chi connectivity index (χ2v) is 6.17. The van der Waals surface area contributed by atoms with Crippen molar-refractivity contribution in [3.8, 4) is 0 Å². The van der Waals surface area contributed by atoms with Crippen molar-refractivity contribution < 1.29 is 9.47 Å². The van der Waals surface area contributed by atoms with Crippen molar-refractivity contribution in [2.75, 3.05) is 18.5 Å². The molecule has 5 heteroatoms. The molecular weight excluding hydrogens is 314 g/mol. The van der Waals surface area contributed by atoms with Gasteiger partial charge < -0.3 is 14.8 Å². The second kappa shape index (κ2) is 7.59. The molecule has 0 bridgehead atoms. The van der Waals surface area contributed by atoms with Gasteiger partial charge in [-0.25, -0.2) is 4.98 Å². The minimum absolute atomic E-state index is 0.0240. The third-order valence-corrected chi connectivity index (χ3v) is 4.41. The van der Waals surface area contributed by atoms with E-state index in [0.717, 1.165) is 35.4 Å². The molecule has 25 heavy (non-hydrogen) atoms. The molecule has 1 aliphatic heterocycles. The van der Waals surface area contributed by atoms with Crippen molar-refractivity contribution >= 4 is 16.7 Å². The summed E-state index contributed by atoms with van der Waals surface area (Å²) >= 11 is 0. The summed E-state index contributed by atoms with van der Waals surface area (Å²) in [6, 6.07) is 18.3. The molecule has 1 fully saturated rings. The van der Waals surface area contributed by atoms with E-state index < -0.39 is 0 Å². The Balaban J connectivity index is 1.44. The molecule has 2 aromatic heterocycles. The van der Waals surface area contributed by atoms with Gasteiger partial charge in [-0.15, -0.1) is 0 Å². The highest BCUT2D eigenvalue weighted by Gasteiger charge is 2.27. The first-order valence-electron chi connectivity index (χ1n) is 8.60. The Morgan fingerprint density at radius 2 is 2.00 bits per heavy atom. The Hall–Kier alpha value is -2.50. The van der Waals surface area contributed by atoms with E-state index in [-0.39, 0.29) is 12.1 Å². The average molecular weight is 335 g/mol. The van der Waals surface area contributed by atoms with E-state index in [4.69, 9.17) is 14.5 Å². The molecule has 0 spiro atoms. The van der Waals surface area contributed by atoms with Crippen molar-refractivity contribution in [3.63, 3.8) is 0 Å². The zero-order valence-electron chi connectivity index (χ0n) is 14.0. The number of anilines is 1. The van der Waals surface area contributed by atoms with Crippen LogP contribution in [-0.4, -0.2) is 35.3 Å². The van der Waals surface area contributed by atoms with E-state index in [2.05, 4.69) is 22.4 Å². The topological polar surface area (TPSA) is 56.3 Å². The number of ether oxygens (including phenoxy) is 2. The minimum atomic E-state index is -0.0240. The monoisotopic (exact) mass is 335 g/mol. The van der Waals surface area contributed by atoms with Crippen molar-refractivity contribution in [2.45, 2.75) is 25.2 Å². The Kier molecular flexibility index (Phi) is 4.86. The Morgan fingerprint density at radius 3 is 2.92 bits per heavy atom. The van der Waals surface area contributed by atoms with Crippen LogP contribution >= 0.6 is 0 Å². The van der Waals surface area contributed by atoms with Crippen molar-refractivity contribution in [1.29, 1.82) is 0 Å². The molecule has 0 unspecified atom stereocenters. The van der Waals surface area contributed by atoms with Crippen LogP contribution in [0.15, 0.2) is 60.8 Å². The highest BCUT2D eigenvalue weighted by atomic mass is 16.5. The summed E-state index contributed by atoms with van der Waals surface area (Å²) in [7, 11) is 0. The summed E-state index contributed by atoms with van der Waals surface area (Å²) in [6.45, 7) is 1.80. The molecule has 128 valence electrons. The largest absolute Gasteiger partial charge is 0.379 e. The van der Waals surface area contributed by atoms with Crippen LogP contribution in [0.4, 0.5) is 5.82 Å². The molecule has 3 heterocycles. The van der Waals surface area contributed by atoms with E-state index in [1.807, 2.05) is 42.5 Å². The number of nitrogens with one attached hydrogen (secondary N) is 1. The highest BCUT2D eigenvalue weighted by Crippen LogP contribution is 2.20. The highest BCUT2D eigenvalue weighted by molar-refractivity contribution is 5.80. The van der Waals surface area contributed by atoms with E-state index in [9.17, 15) is 0 Å². The molecule has 5 nitrogen and oxygen atoms in total. The molecule has 0 radical (unpaired) electrons. The first-order chi connectivity index (χ1) is 12.4. The number of aromatic nitrogens is 2. The maximum atomic E-state index is 6.06. The fraction of sp³-hybridized carbons (Fsp3) is 0.300.